The van der Waals surface area contributed by atoms with Gasteiger partial charge in [0.25, 0.3) is 0 Å². The number of nitrogens with one attached hydrogen (secondary N) is 1. The highest BCUT2D eigenvalue weighted by Crippen LogP contribution is 2.30. The molecule has 134 valence electrons. The summed E-state index contributed by atoms with van der Waals surface area (Å²) in [4.78, 5) is 28.3. The van der Waals surface area contributed by atoms with Gasteiger partial charge in [0, 0.05) is 27.6 Å². The molecule has 2 heterocycles. The number of aromatic nitrogens is 2. The standard InChI is InChI=1S/C18H14BrFIN3O2/c1-9-5-17(26)12-4-3-11(8-21)23-18(12)24(9)16-7-15(22-10(2)25)13(19)6-14(16)20/h3-7H,8H2,1-2H3,(H,22,25). The van der Waals surface area contributed by atoms with Crippen molar-refractivity contribution < 1.29 is 9.18 Å². The Kier molecular flexibility index (Phi) is 5.42. The molecule has 3 aromatic rings. The monoisotopic (exact) mass is 529 g/mol. The summed E-state index contributed by atoms with van der Waals surface area (Å²) in [5.74, 6) is -0.768. The number of pyridine rings is 2. The van der Waals surface area contributed by atoms with Gasteiger partial charge in [-0.1, -0.05) is 22.6 Å². The minimum absolute atomic E-state index is 0.166. The number of carbonyl (C=O) groups is 1. The van der Waals surface area contributed by atoms with Gasteiger partial charge in [0.1, 0.15) is 11.5 Å². The first kappa shape index (κ1) is 19.0. The van der Waals surface area contributed by atoms with Gasteiger partial charge < -0.3 is 5.32 Å². The zero-order valence-electron chi connectivity index (χ0n) is 13.9. The van der Waals surface area contributed by atoms with E-state index in [1.165, 1.54) is 25.1 Å². The summed E-state index contributed by atoms with van der Waals surface area (Å²) in [5, 5.41) is 3.07. The van der Waals surface area contributed by atoms with Gasteiger partial charge >= 0.3 is 0 Å². The Morgan fingerprint density at radius 2 is 2.08 bits per heavy atom. The van der Waals surface area contributed by atoms with Gasteiger partial charge in [-0.15, -0.1) is 0 Å². The van der Waals surface area contributed by atoms with Crippen LogP contribution in [0.1, 0.15) is 18.3 Å². The summed E-state index contributed by atoms with van der Waals surface area (Å²) in [6, 6.07) is 7.76. The van der Waals surface area contributed by atoms with Crippen molar-refractivity contribution in [3.63, 3.8) is 0 Å². The van der Waals surface area contributed by atoms with Gasteiger partial charge in [-0.2, -0.15) is 0 Å². The van der Waals surface area contributed by atoms with E-state index in [9.17, 15) is 14.0 Å². The third-order valence-electron chi connectivity index (χ3n) is 3.83. The number of benzene rings is 1. The number of hydrogen-bond donors (Lipinski definition) is 1. The second-order valence-electron chi connectivity index (χ2n) is 5.76. The highest BCUT2D eigenvalue weighted by molar-refractivity contribution is 14.1. The smallest absolute Gasteiger partial charge is 0.221 e. The van der Waals surface area contributed by atoms with E-state index in [2.05, 4.69) is 48.8 Å². The van der Waals surface area contributed by atoms with Gasteiger partial charge in [-0.05, 0) is 47.1 Å². The van der Waals surface area contributed by atoms with E-state index < -0.39 is 5.82 Å². The first-order chi connectivity index (χ1) is 12.3. The molecule has 0 bridgehead atoms. The van der Waals surface area contributed by atoms with E-state index >= 15 is 0 Å². The second kappa shape index (κ2) is 7.43. The third-order valence-corrected chi connectivity index (χ3v) is 5.27. The zero-order valence-corrected chi connectivity index (χ0v) is 17.7. The third kappa shape index (κ3) is 3.52. The molecule has 1 amide bonds. The summed E-state index contributed by atoms with van der Waals surface area (Å²) in [6.45, 7) is 3.10. The number of amides is 1. The van der Waals surface area contributed by atoms with Gasteiger partial charge in [0.15, 0.2) is 5.43 Å². The highest BCUT2D eigenvalue weighted by atomic mass is 127. The number of anilines is 1. The number of alkyl halides is 1. The molecular formula is C18H14BrFIN3O2. The van der Waals surface area contributed by atoms with Crippen LogP contribution in [0, 0.1) is 12.7 Å². The van der Waals surface area contributed by atoms with Crippen molar-refractivity contribution in [1.82, 2.24) is 9.55 Å². The van der Waals surface area contributed by atoms with Crippen LogP contribution in [0.4, 0.5) is 10.1 Å². The number of nitrogens with zero attached hydrogens (tertiary/aromatic N) is 2. The second-order valence-corrected chi connectivity index (χ2v) is 7.37. The average Bonchev–Trinajstić information content (AvgIpc) is 2.57. The highest BCUT2D eigenvalue weighted by Gasteiger charge is 2.16. The minimum Gasteiger partial charge on any atom is -0.325 e. The Morgan fingerprint density at radius 3 is 2.73 bits per heavy atom. The molecular weight excluding hydrogens is 516 g/mol. The van der Waals surface area contributed by atoms with Crippen LogP contribution < -0.4 is 10.7 Å². The molecule has 0 atom stereocenters. The van der Waals surface area contributed by atoms with Crippen LogP contribution in [0.15, 0.2) is 39.6 Å². The first-order valence-electron chi connectivity index (χ1n) is 7.67. The molecule has 0 saturated carbocycles. The van der Waals surface area contributed by atoms with Gasteiger partial charge in [-0.25, -0.2) is 9.37 Å². The van der Waals surface area contributed by atoms with E-state index in [0.717, 1.165) is 5.69 Å². The Balaban J connectivity index is 2.38. The first-order valence-corrected chi connectivity index (χ1v) is 9.99. The van der Waals surface area contributed by atoms with Crippen molar-refractivity contribution in [1.29, 1.82) is 0 Å². The predicted octanol–water partition coefficient (Wildman–Crippen LogP) is 4.49. The molecule has 0 saturated heterocycles. The fraction of sp³-hybridized carbons (Fsp3) is 0.167. The molecule has 0 unspecified atom stereocenters. The van der Waals surface area contributed by atoms with Crippen LogP contribution in [0.3, 0.4) is 0 Å². The number of hydrogen-bond acceptors (Lipinski definition) is 3. The maximum absolute atomic E-state index is 14.8. The Labute approximate surface area is 170 Å². The molecule has 5 nitrogen and oxygen atoms in total. The summed E-state index contributed by atoms with van der Waals surface area (Å²) in [5.41, 5.74) is 2.20. The maximum atomic E-state index is 14.8. The van der Waals surface area contributed by atoms with Gasteiger partial charge in [0.05, 0.1) is 22.5 Å². The quantitative estimate of drug-likeness (QED) is 0.401. The van der Waals surface area contributed by atoms with Crippen LogP contribution in [0.25, 0.3) is 16.7 Å². The molecule has 1 aromatic carbocycles. The van der Waals surface area contributed by atoms with Crippen molar-refractivity contribution >= 4 is 61.1 Å². The topological polar surface area (TPSA) is 64.0 Å². The molecule has 2 aromatic heterocycles. The lowest BCUT2D eigenvalue weighted by Gasteiger charge is -2.17. The van der Waals surface area contributed by atoms with Crippen molar-refractivity contribution in [2.75, 3.05) is 5.32 Å². The predicted molar refractivity (Wildman–Crippen MR) is 112 cm³/mol. The molecule has 0 spiro atoms. The Morgan fingerprint density at radius 1 is 1.35 bits per heavy atom. The van der Waals surface area contributed by atoms with Crippen LogP contribution in [0.2, 0.25) is 0 Å². The molecule has 0 radical (unpaired) electrons. The summed E-state index contributed by atoms with van der Waals surface area (Å²) >= 11 is 5.44. The van der Waals surface area contributed by atoms with Crippen molar-refractivity contribution in [2.45, 2.75) is 18.3 Å². The van der Waals surface area contributed by atoms with E-state index in [1.807, 2.05) is 0 Å². The largest absolute Gasteiger partial charge is 0.325 e. The molecule has 0 fully saturated rings. The van der Waals surface area contributed by atoms with Crippen LogP contribution in [0.5, 0.6) is 0 Å². The summed E-state index contributed by atoms with van der Waals surface area (Å²) < 4.78 is 17.5. The fourth-order valence-corrected chi connectivity index (χ4v) is 3.56. The van der Waals surface area contributed by atoms with Crippen molar-refractivity contribution in [3.8, 4) is 5.69 Å². The normalized spacial score (nSPS) is 11.0. The SMILES string of the molecule is CC(=O)Nc1cc(-n2c(C)cc(=O)c3ccc(CI)nc32)c(F)cc1Br. The van der Waals surface area contributed by atoms with E-state index in [1.54, 1.807) is 23.6 Å². The molecule has 0 aliphatic rings. The number of aryl methyl sites for hydroxylation is 1. The summed E-state index contributed by atoms with van der Waals surface area (Å²) in [7, 11) is 0. The number of fused-ring (bicyclic) bond motifs is 1. The zero-order chi connectivity index (χ0) is 19.0. The molecule has 3 rings (SSSR count). The van der Waals surface area contributed by atoms with Gasteiger partial charge in [0.2, 0.25) is 5.91 Å². The van der Waals surface area contributed by atoms with E-state index in [4.69, 9.17) is 0 Å². The minimum atomic E-state index is -0.499. The van der Waals surface area contributed by atoms with E-state index in [0.29, 0.717) is 31.3 Å². The Bertz CT molecular complexity index is 1100. The lowest BCUT2D eigenvalue weighted by molar-refractivity contribution is -0.114. The Hall–Kier alpha value is -1.81. The van der Waals surface area contributed by atoms with E-state index in [-0.39, 0.29) is 17.0 Å². The van der Waals surface area contributed by atoms with Crippen LogP contribution in [-0.4, -0.2) is 15.5 Å². The van der Waals surface area contributed by atoms with Crippen molar-refractivity contribution in [2.24, 2.45) is 0 Å². The fourth-order valence-electron chi connectivity index (χ4n) is 2.72. The molecule has 8 heteroatoms. The molecule has 26 heavy (non-hydrogen) atoms. The van der Waals surface area contributed by atoms with Crippen LogP contribution >= 0.6 is 38.5 Å². The molecule has 1 N–H and O–H groups in total. The maximum Gasteiger partial charge on any atom is 0.221 e. The van der Waals surface area contributed by atoms with Gasteiger partial charge in [-0.3, -0.25) is 14.2 Å². The lowest BCUT2D eigenvalue weighted by atomic mass is 10.2. The number of carbonyl (C=O) groups excluding carboxylic acids is 1. The number of halogens is 3. The molecule has 0 aliphatic carbocycles. The van der Waals surface area contributed by atoms with Crippen LogP contribution in [-0.2, 0) is 9.22 Å². The molecule has 0 aliphatic heterocycles. The summed E-state index contributed by atoms with van der Waals surface area (Å²) in [6.07, 6.45) is 0. The number of rotatable bonds is 3. The lowest BCUT2D eigenvalue weighted by Crippen LogP contribution is -2.14. The van der Waals surface area contributed by atoms with Crippen molar-refractivity contribution in [3.05, 3.63) is 62.2 Å². The average molecular weight is 530 g/mol.